The van der Waals surface area contributed by atoms with Gasteiger partial charge in [0, 0.05) is 6.07 Å². The van der Waals surface area contributed by atoms with Crippen LogP contribution in [0.3, 0.4) is 0 Å². The summed E-state index contributed by atoms with van der Waals surface area (Å²) in [5.74, 6) is -1.90. The molecular weight excluding hydrogens is 276 g/mol. The van der Waals surface area contributed by atoms with Crippen LogP contribution in [-0.2, 0) is 10.0 Å². The number of anilines is 1. The first-order chi connectivity index (χ1) is 8.88. The highest BCUT2D eigenvalue weighted by molar-refractivity contribution is 7.92. The Hall–Kier alpha value is -2.15. The molecule has 0 unspecified atom stereocenters. The molecule has 0 radical (unpaired) electrons. The number of halogens is 2. The summed E-state index contributed by atoms with van der Waals surface area (Å²) in [6.45, 7) is 0. The van der Waals surface area contributed by atoms with Crippen LogP contribution in [0.4, 0.5) is 14.5 Å². The van der Waals surface area contributed by atoms with Gasteiger partial charge in [-0.15, -0.1) is 0 Å². The van der Waals surface area contributed by atoms with E-state index in [1.807, 2.05) is 4.72 Å². The van der Waals surface area contributed by atoms with Crippen LogP contribution in [0, 0.1) is 11.6 Å². The van der Waals surface area contributed by atoms with Crippen LogP contribution in [-0.4, -0.2) is 13.5 Å². The smallest absolute Gasteiger partial charge is 0.261 e. The number of rotatable bonds is 3. The highest BCUT2D eigenvalue weighted by Gasteiger charge is 2.16. The topological polar surface area (TPSA) is 66.4 Å². The third-order valence-corrected chi connectivity index (χ3v) is 3.70. The second-order valence-corrected chi connectivity index (χ2v) is 5.41. The van der Waals surface area contributed by atoms with Crippen LogP contribution >= 0.6 is 0 Å². The van der Waals surface area contributed by atoms with E-state index in [0.29, 0.717) is 6.07 Å². The van der Waals surface area contributed by atoms with Gasteiger partial charge in [-0.1, -0.05) is 0 Å². The van der Waals surface area contributed by atoms with E-state index in [0.717, 1.165) is 12.1 Å². The largest absolute Gasteiger partial charge is 0.508 e. The molecule has 0 spiro atoms. The van der Waals surface area contributed by atoms with Gasteiger partial charge in [-0.3, -0.25) is 4.72 Å². The van der Waals surface area contributed by atoms with Crippen LogP contribution in [0.5, 0.6) is 5.75 Å². The Morgan fingerprint density at radius 1 is 1.00 bits per heavy atom. The number of phenols is 1. The van der Waals surface area contributed by atoms with Crippen LogP contribution in [0.1, 0.15) is 0 Å². The summed E-state index contributed by atoms with van der Waals surface area (Å²) >= 11 is 0. The fourth-order valence-corrected chi connectivity index (χ4v) is 2.47. The Balaban J connectivity index is 2.33. The molecule has 0 aliphatic heterocycles. The molecule has 4 nitrogen and oxygen atoms in total. The van der Waals surface area contributed by atoms with E-state index < -0.39 is 21.7 Å². The summed E-state index contributed by atoms with van der Waals surface area (Å²) in [4.78, 5) is -0.144. The van der Waals surface area contributed by atoms with Crippen molar-refractivity contribution in [3.8, 4) is 5.75 Å². The van der Waals surface area contributed by atoms with E-state index in [9.17, 15) is 17.2 Å². The van der Waals surface area contributed by atoms with Gasteiger partial charge in [0.2, 0.25) is 0 Å². The predicted molar refractivity (Wildman–Crippen MR) is 65.3 cm³/mol. The molecule has 100 valence electrons. The first kappa shape index (κ1) is 13.3. The van der Waals surface area contributed by atoms with Crippen molar-refractivity contribution in [1.29, 1.82) is 0 Å². The van der Waals surface area contributed by atoms with E-state index in [4.69, 9.17) is 5.11 Å². The lowest BCUT2D eigenvalue weighted by atomic mass is 10.3. The average molecular weight is 285 g/mol. The quantitative estimate of drug-likeness (QED) is 0.910. The Morgan fingerprint density at radius 3 is 2.21 bits per heavy atom. The van der Waals surface area contributed by atoms with Crippen molar-refractivity contribution in [3.05, 3.63) is 54.1 Å². The summed E-state index contributed by atoms with van der Waals surface area (Å²) in [7, 11) is -3.99. The Kier molecular flexibility index (Phi) is 3.39. The zero-order valence-electron chi connectivity index (χ0n) is 9.47. The number of hydrogen-bond acceptors (Lipinski definition) is 3. The second-order valence-electron chi connectivity index (χ2n) is 3.72. The minimum Gasteiger partial charge on any atom is -0.508 e. The molecule has 0 saturated heterocycles. The maximum absolute atomic E-state index is 13.4. The zero-order chi connectivity index (χ0) is 14.0. The van der Waals surface area contributed by atoms with Crippen LogP contribution in [0.25, 0.3) is 0 Å². The van der Waals surface area contributed by atoms with Crippen LogP contribution in [0.15, 0.2) is 47.4 Å². The molecule has 0 aliphatic carbocycles. The number of nitrogens with one attached hydrogen (secondary N) is 1. The molecule has 2 rings (SSSR count). The number of benzene rings is 2. The minimum absolute atomic E-state index is 0.0908. The van der Waals surface area contributed by atoms with Gasteiger partial charge < -0.3 is 5.11 Å². The highest BCUT2D eigenvalue weighted by atomic mass is 32.2. The Labute approximate surface area is 108 Å². The van der Waals surface area contributed by atoms with Gasteiger partial charge >= 0.3 is 0 Å². The predicted octanol–water partition coefficient (Wildman–Crippen LogP) is 2.47. The number of aromatic hydroxyl groups is 1. The van der Waals surface area contributed by atoms with Gasteiger partial charge in [-0.05, 0) is 36.4 Å². The molecule has 0 amide bonds. The lowest BCUT2D eigenvalue weighted by Gasteiger charge is -2.09. The van der Waals surface area contributed by atoms with Gasteiger partial charge in [0.15, 0.2) is 0 Å². The number of hydrogen-bond donors (Lipinski definition) is 2. The lowest BCUT2D eigenvalue weighted by Crippen LogP contribution is -2.13. The van der Waals surface area contributed by atoms with Crippen molar-refractivity contribution in [2.45, 2.75) is 4.90 Å². The first-order valence-corrected chi connectivity index (χ1v) is 6.64. The standard InChI is InChI=1S/C12H9F2NO3S/c13-8-1-6-12(11(14)7-8)15-19(17,18)10-4-2-9(16)3-5-10/h1-7,15-16H. The minimum atomic E-state index is -3.99. The van der Waals surface area contributed by atoms with Gasteiger partial charge in [-0.25, -0.2) is 17.2 Å². The summed E-state index contributed by atoms with van der Waals surface area (Å²) in [5.41, 5.74) is -0.352. The second kappa shape index (κ2) is 4.85. The average Bonchev–Trinajstić information content (AvgIpc) is 2.33. The maximum Gasteiger partial charge on any atom is 0.261 e. The Morgan fingerprint density at radius 2 is 1.63 bits per heavy atom. The lowest BCUT2D eigenvalue weighted by molar-refractivity contribution is 0.475. The van der Waals surface area contributed by atoms with Gasteiger partial charge in [0.1, 0.15) is 17.4 Å². The molecular formula is C12H9F2NO3S. The van der Waals surface area contributed by atoms with Crippen molar-refractivity contribution in [1.82, 2.24) is 0 Å². The summed E-state index contributed by atoms with van der Waals surface area (Å²) < 4.78 is 51.8. The molecule has 2 N–H and O–H groups in total. The van der Waals surface area contributed by atoms with Crippen LogP contribution in [0.2, 0.25) is 0 Å². The first-order valence-electron chi connectivity index (χ1n) is 5.15. The third-order valence-electron chi connectivity index (χ3n) is 2.32. The number of phenolic OH excluding ortho intramolecular Hbond substituents is 1. The summed E-state index contributed by atoms with van der Waals surface area (Å²) in [5, 5.41) is 9.07. The summed E-state index contributed by atoms with van der Waals surface area (Å²) in [6, 6.07) is 7.22. The zero-order valence-corrected chi connectivity index (χ0v) is 10.3. The molecule has 0 heterocycles. The van der Waals surface area contributed by atoms with E-state index in [2.05, 4.69) is 0 Å². The fourth-order valence-electron chi connectivity index (χ4n) is 1.40. The normalized spacial score (nSPS) is 11.3. The molecule has 19 heavy (non-hydrogen) atoms. The monoisotopic (exact) mass is 285 g/mol. The van der Waals surface area contributed by atoms with Crippen molar-refractivity contribution < 1.29 is 22.3 Å². The van der Waals surface area contributed by atoms with E-state index in [1.165, 1.54) is 24.3 Å². The van der Waals surface area contributed by atoms with Crippen LogP contribution < -0.4 is 4.72 Å². The van der Waals surface area contributed by atoms with E-state index in [1.54, 1.807) is 0 Å². The van der Waals surface area contributed by atoms with Crippen molar-refractivity contribution >= 4 is 15.7 Å². The molecule has 7 heteroatoms. The summed E-state index contributed by atoms with van der Waals surface area (Å²) in [6.07, 6.45) is 0. The van der Waals surface area contributed by atoms with Crippen molar-refractivity contribution in [2.75, 3.05) is 4.72 Å². The SMILES string of the molecule is O=S(=O)(Nc1ccc(F)cc1F)c1ccc(O)cc1. The fraction of sp³-hybridized carbons (Fsp3) is 0. The van der Waals surface area contributed by atoms with Gasteiger partial charge in [0.25, 0.3) is 10.0 Å². The number of sulfonamides is 1. The molecule has 0 atom stereocenters. The molecule has 0 saturated carbocycles. The van der Waals surface area contributed by atoms with E-state index in [-0.39, 0.29) is 16.3 Å². The van der Waals surface area contributed by atoms with Crippen molar-refractivity contribution in [2.24, 2.45) is 0 Å². The molecule has 0 aromatic heterocycles. The molecule has 2 aromatic carbocycles. The van der Waals surface area contributed by atoms with Gasteiger partial charge in [0.05, 0.1) is 10.6 Å². The van der Waals surface area contributed by atoms with Gasteiger partial charge in [-0.2, -0.15) is 0 Å². The van der Waals surface area contributed by atoms with Crippen molar-refractivity contribution in [3.63, 3.8) is 0 Å². The third kappa shape index (κ3) is 3.00. The molecule has 0 aliphatic rings. The highest BCUT2D eigenvalue weighted by Crippen LogP contribution is 2.21. The molecule has 0 fully saturated rings. The molecule has 2 aromatic rings. The molecule has 0 bridgehead atoms. The maximum atomic E-state index is 13.4. The van der Waals surface area contributed by atoms with E-state index >= 15 is 0 Å². The Bertz CT molecular complexity index is 699.